The lowest BCUT2D eigenvalue weighted by atomic mass is 10.1. The molecule has 0 fully saturated rings. The molecule has 1 aliphatic rings. The zero-order valence-corrected chi connectivity index (χ0v) is 12.8. The molecule has 0 heterocycles. The van der Waals surface area contributed by atoms with E-state index in [2.05, 4.69) is 4.72 Å². The number of benzene rings is 1. The van der Waals surface area contributed by atoms with Gasteiger partial charge in [0.2, 0.25) is 0 Å². The fraction of sp³-hybridized carbons (Fsp3) is 0.571. The molecule has 6 heteroatoms. The van der Waals surface area contributed by atoms with E-state index in [-0.39, 0.29) is 12.2 Å². The molecular weight excluding hydrogens is 284 g/mol. The summed E-state index contributed by atoms with van der Waals surface area (Å²) < 4.78 is 47.3. The number of halogens is 2. The standard InChI is InChI=1S/C14H19F2NO2S/c1-14(2,3)20(18)17-12-8-5-6-10(15)13(19-4)9(8)7-11(12)16/h5-6,11-12,17H,7H2,1-4H3/t11-,12+,20?/m1/s1. The van der Waals surface area contributed by atoms with Crippen LogP contribution in [-0.2, 0) is 17.4 Å². The van der Waals surface area contributed by atoms with Gasteiger partial charge in [-0.3, -0.25) is 0 Å². The summed E-state index contributed by atoms with van der Waals surface area (Å²) in [6, 6.07) is 2.09. The second-order valence-electron chi connectivity index (χ2n) is 5.85. The van der Waals surface area contributed by atoms with Gasteiger partial charge < -0.3 is 4.74 Å². The molecule has 0 saturated heterocycles. The first kappa shape index (κ1) is 15.4. The maximum Gasteiger partial charge on any atom is 0.165 e. The zero-order chi connectivity index (χ0) is 15.1. The van der Waals surface area contributed by atoms with Gasteiger partial charge in [0.25, 0.3) is 0 Å². The number of hydrogen-bond acceptors (Lipinski definition) is 2. The number of nitrogens with one attached hydrogen (secondary N) is 1. The highest BCUT2D eigenvalue weighted by Gasteiger charge is 2.38. The number of hydrogen-bond donors (Lipinski definition) is 1. The van der Waals surface area contributed by atoms with Crippen LogP contribution in [0.4, 0.5) is 8.78 Å². The van der Waals surface area contributed by atoms with Gasteiger partial charge in [-0.1, -0.05) is 6.07 Å². The molecule has 20 heavy (non-hydrogen) atoms. The second-order valence-corrected chi connectivity index (χ2v) is 7.84. The van der Waals surface area contributed by atoms with Crippen molar-refractivity contribution in [1.29, 1.82) is 0 Å². The van der Waals surface area contributed by atoms with Crippen molar-refractivity contribution in [2.45, 2.75) is 44.2 Å². The minimum absolute atomic E-state index is 0.0648. The molecule has 0 bridgehead atoms. The van der Waals surface area contributed by atoms with Crippen LogP contribution < -0.4 is 9.46 Å². The molecular formula is C14H19F2NO2S. The molecule has 0 spiro atoms. The number of fused-ring (bicyclic) bond motifs is 1. The first-order chi connectivity index (χ1) is 9.25. The normalized spacial score (nSPS) is 23.5. The predicted molar refractivity (Wildman–Crippen MR) is 75.3 cm³/mol. The number of ether oxygens (including phenoxy) is 1. The Balaban J connectivity index is 2.34. The maximum atomic E-state index is 14.2. The van der Waals surface area contributed by atoms with Gasteiger partial charge in [-0.2, -0.15) is 0 Å². The highest BCUT2D eigenvalue weighted by atomic mass is 32.2. The van der Waals surface area contributed by atoms with E-state index < -0.39 is 33.8 Å². The summed E-state index contributed by atoms with van der Waals surface area (Å²) in [5.74, 6) is -0.424. The lowest BCUT2D eigenvalue weighted by molar-refractivity contribution is 0.290. The van der Waals surface area contributed by atoms with E-state index in [4.69, 9.17) is 4.74 Å². The van der Waals surface area contributed by atoms with Crippen LogP contribution in [0, 0.1) is 5.82 Å². The Kier molecular flexibility index (Phi) is 4.16. The Bertz CT molecular complexity index is 543. The molecule has 2 rings (SSSR count). The van der Waals surface area contributed by atoms with Gasteiger partial charge in [0.1, 0.15) is 6.17 Å². The molecule has 0 aromatic heterocycles. The van der Waals surface area contributed by atoms with Crippen molar-refractivity contribution in [2.24, 2.45) is 0 Å². The van der Waals surface area contributed by atoms with Gasteiger partial charge in [-0.05, 0) is 32.4 Å². The van der Waals surface area contributed by atoms with Crippen molar-refractivity contribution in [2.75, 3.05) is 7.11 Å². The summed E-state index contributed by atoms with van der Waals surface area (Å²) >= 11 is 0. The van der Waals surface area contributed by atoms with Crippen molar-refractivity contribution in [1.82, 2.24) is 4.72 Å². The molecule has 1 aromatic carbocycles. The van der Waals surface area contributed by atoms with E-state index >= 15 is 0 Å². The van der Waals surface area contributed by atoms with Crippen molar-refractivity contribution in [3.63, 3.8) is 0 Å². The van der Waals surface area contributed by atoms with Crippen molar-refractivity contribution >= 4 is 11.0 Å². The van der Waals surface area contributed by atoms with Crippen LogP contribution in [0.3, 0.4) is 0 Å². The van der Waals surface area contributed by atoms with Crippen LogP contribution in [0.25, 0.3) is 0 Å². The Morgan fingerprint density at radius 1 is 1.40 bits per heavy atom. The maximum absolute atomic E-state index is 14.2. The number of methoxy groups -OCH3 is 1. The average Bonchev–Trinajstić information content (AvgIpc) is 2.65. The minimum atomic E-state index is -1.39. The monoisotopic (exact) mass is 303 g/mol. The molecule has 1 N–H and O–H groups in total. The van der Waals surface area contributed by atoms with Crippen molar-refractivity contribution in [3.8, 4) is 5.75 Å². The Hall–Kier alpha value is -1.01. The smallest absolute Gasteiger partial charge is 0.165 e. The summed E-state index contributed by atoms with van der Waals surface area (Å²) in [6.45, 7) is 5.43. The van der Waals surface area contributed by atoms with Crippen molar-refractivity contribution in [3.05, 3.63) is 29.1 Å². The molecule has 1 unspecified atom stereocenters. The summed E-state index contributed by atoms with van der Waals surface area (Å²) in [7, 11) is -0.0325. The molecule has 1 aromatic rings. The predicted octanol–water partition coefficient (Wildman–Crippen LogP) is 2.82. The molecule has 3 atom stereocenters. The van der Waals surface area contributed by atoms with Crippen LogP contribution in [-0.4, -0.2) is 22.2 Å². The summed E-state index contributed by atoms with van der Waals surface area (Å²) in [5, 5.41) is 0. The summed E-state index contributed by atoms with van der Waals surface area (Å²) in [6.07, 6.45) is -1.18. The fourth-order valence-electron chi connectivity index (χ4n) is 2.27. The van der Waals surface area contributed by atoms with Gasteiger partial charge in [0.05, 0.1) is 28.9 Å². The Morgan fingerprint density at radius 2 is 2.05 bits per heavy atom. The zero-order valence-electron chi connectivity index (χ0n) is 12.0. The number of alkyl halides is 1. The molecule has 1 aliphatic carbocycles. The van der Waals surface area contributed by atoms with Crippen LogP contribution in [0.2, 0.25) is 0 Å². The fourth-order valence-corrected chi connectivity index (χ4v) is 3.13. The largest absolute Gasteiger partial charge is 0.493 e. The molecule has 0 aliphatic heterocycles. The third-order valence-corrected chi connectivity index (χ3v) is 4.92. The molecule has 0 radical (unpaired) electrons. The van der Waals surface area contributed by atoms with Crippen LogP contribution in [0.1, 0.15) is 37.9 Å². The molecule has 112 valence electrons. The second kappa shape index (κ2) is 5.41. The van der Waals surface area contributed by atoms with E-state index in [1.165, 1.54) is 19.2 Å². The number of rotatable bonds is 3. The SMILES string of the molecule is COc1c(F)ccc2c1C[C@@H](F)[C@H]2NS(=O)C(C)(C)C. The third-order valence-electron chi connectivity index (χ3n) is 3.34. The Morgan fingerprint density at radius 3 is 2.60 bits per heavy atom. The van der Waals surface area contributed by atoms with Gasteiger partial charge in [-0.15, -0.1) is 0 Å². The third kappa shape index (κ3) is 2.72. The van der Waals surface area contributed by atoms with Gasteiger partial charge >= 0.3 is 0 Å². The van der Waals surface area contributed by atoms with E-state index in [0.29, 0.717) is 11.1 Å². The van der Waals surface area contributed by atoms with Crippen LogP contribution in [0.5, 0.6) is 5.75 Å². The highest BCUT2D eigenvalue weighted by Crippen LogP contribution is 2.40. The first-order valence-corrected chi connectivity index (χ1v) is 7.58. The van der Waals surface area contributed by atoms with Crippen LogP contribution >= 0.6 is 0 Å². The van der Waals surface area contributed by atoms with E-state index in [0.717, 1.165) is 0 Å². The summed E-state index contributed by atoms with van der Waals surface area (Å²) in [5.41, 5.74) is 1.14. The highest BCUT2D eigenvalue weighted by molar-refractivity contribution is 7.84. The first-order valence-electron chi connectivity index (χ1n) is 6.43. The molecule has 0 saturated carbocycles. The van der Waals surface area contributed by atoms with E-state index in [1.54, 1.807) is 0 Å². The van der Waals surface area contributed by atoms with E-state index in [9.17, 15) is 13.0 Å². The quantitative estimate of drug-likeness (QED) is 0.932. The van der Waals surface area contributed by atoms with E-state index in [1.807, 2.05) is 20.8 Å². The van der Waals surface area contributed by atoms with Gasteiger partial charge in [-0.25, -0.2) is 17.7 Å². The van der Waals surface area contributed by atoms with Crippen LogP contribution in [0.15, 0.2) is 12.1 Å². The molecule has 0 amide bonds. The minimum Gasteiger partial charge on any atom is -0.493 e. The lowest BCUT2D eigenvalue weighted by Crippen LogP contribution is -2.37. The molecule has 3 nitrogen and oxygen atoms in total. The topological polar surface area (TPSA) is 38.3 Å². The Labute approximate surface area is 120 Å². The average molecular weight is 303 g/mol. The van der Waals surface area contributed by atoms with Gasteiger partial charge in [0.15, 0.2) is 11.6 Å². The summed E-state index contributed by atoms with van der Waals surface area (Å²) in [4.78, 5) is 0. The van der Waals surface area contributed by atoms with Crippen molar-refractivity contribution < 1.29 is 17.7 Å². The van der Waals surface area contributed by atoms with Gasteiger partial charge in [0, 0.05) is 12.0 Å². The lowest BCUT2D eigenvalue weighted by Gasteiger charge is -2.23.